The van der Waals surface area contributed by atoms with Crippen LogP contribution < -0.4 is 15.4 Å². The van der Waals surface area contributed by atoms with E-state index in [2.05, 4.69) is 10.6 Å². The van der Waals surface area contributed by atoms with Gasteiger partial charge >= 0.3 is 0 Å². The van der Waals surface area contributed by atoms with Crippen LogP contribution in [-0.4, -0.2) is 24.6 Å². The summed E-state index contributed by atoms with van der Waals surface area (Å²) in [7, 11) is 1.43. The molecule has 0 fully saturated rings. The number of carbonyl (C=O) groups excluding carboxylic acids is 1. The number of halogens is 1. The summed E-state index contributed by atoms with van der Waals surface area (Å²) in [6.45, 7) is 7.98. The van der Waals surface area contributed by atoms with Gasteiger partial charge in [-0.05, 0) is 45.4 Å². The highest BCUT2D eigenvalue weighted by Gasteiger charge is 2.18. The molecular weight excluding hydrogens is 259 g/mol. The summed E-state index contributed by atoms with van der Waals surface area (Å²) in [4.78, 5) is 11.9. The van der Waals surface area contributed by atoms with Crippen LogP contribution in [0.3, 0.4) is 0 Å². The second-order valence-electron chi connectivity index (χ2n) is 5.81. The molecule has 1 aromatic carbocycles. The van der Waals surface area contributed by atoms with Crippen molar-refractivity contribution >= 4 is 5.91 Å². The number of ether oxygens (including phenoxy) is 1. The lowest BCUT2D eigenvalue weighted by atomic mass is 10.1. The number of amides is 1. The van der Waals surface area contributed by atoms with Gasteiger partial charge in [0, 0.05) is 12.1 Å². The minimum atomic E-state index is -0.404. The van der Waals surface area contributed by atoms with Crippen LogP contribution in [0.5, 0.6) is 5.75 Å². The van der Waals surface area contributed by atoms with Crippen LogP contribution in [0, 0.1) is 5.82 Å². The number of carbonyl (C=O) groups is 1. The van der Waals surface area contributed by atoms with Gasteiger partial charge in [-0.1, -0.05) is 6.07 Å². The van der Waals surface area contributed by atoms with Gasteiger partial charge in [-0.3, -0.25) is 4.79 Å². The SMILES string of the molecule is COc1ccc(CNC(C)C(=O)NC(C)(C)C)cc1F. The van der Waals surface area contributed by atoms with Crippen molar-refractivity contribution in [2.45, 2.75) is 45.8 Å². The molecule has 4 nitrogen and oxygen atoms in total. The molecule has 1 rings (SSSR count). The molecule has 2 N–H and O–H groups in total. The molecule has 0 heterocycles. The summed E-state index contributed by atoms with van der Waals surface area (Å²) < 4.78 is 18.4. The van der Waals surface area contributed by atoms with Crippen LogP contribution in [0.2, 0.25) is 0 Å². The van der Waals surface area contributed by atoms with E-state index >= 15 is 0 Å². The fraction of sp³-hybridized carbons (Fsp3) is 0.533. The van der Waals surface area contributed by atoms with Crippen LogP contribution in [0.15, 0.2) is 18.2 Å². The molecule has 0 bridgehead atoms. The van der Waals surface area contributed by atoms with Crippen LogP contribution in [0.4, 0.5) is 4.39 Å². The van der Waals surface area contributed by atoms with Crippen molar-refractivity contribution in [2.75, 3.05) is 7.11 Å². The van der Waals surface area contributed by atoms with Crippen LogP contribution >= 0.6 is 0 Å². The minimum Gasteiger partial charge on any atom is -0.494 e. The Balaban J connectivity index is 2.54. The number of hydrogen-bond donors (Lipinski definition) is 2. The van der Waals surface area contributed by atoms with Gasteiger partial charge in [0.2, 0.25) is 5.91 Å². The second kappa shape index (κ2) is 6.70. The van der Waals surface area contributed by atoms with Gasteiger partial charge in [-0.2, -0.15) is 0 Å². The average molecular weight is 282 g/mol. The summed E-state index contributed by atoms with van der Waals surface area (Å²) >= 11 is 0. The molecule has 1 amide bonds. The predicted molar refractivity (Wildman–Crippen MR) is 77.1 cm³/mol. The topological polar surface area (TPSA) is 50.4 Å². The summed E-state index contributed by atoms with van der Waals surface area (Å²) in [5, 5.41) is 5.96. The molecule has 0 radical (unpaired) electrons. The van der Waals surface area contributed by atoms with Crippen molar-refractivity contribution in [3.63, 3.8) is 0 Å². The maximum Gasteiger partial charge on any atom is 0.237 e. The van der Waals surface area contributed by atoms with E-state index in [1.807, 2.05) is 20.8 Å². The van der Waals surface area contributed by atoms with Crippen molar-refractivity contribution < 1.29 is 13.9 Å². The van der Waals surface area contributed by atoms with E-state index in [1.165, 1.54) is 13.2 Å². The number of rotatable bonds is 5. The smallest absolute Gasteiger partial charge is 0.237 e. The highest BCUT2D eigenvalue weighted by Crippen LogP contribution is 2.17. The van der Waals surface area contributed by atoms with E-state index in [0.29, 0.717) is 6.54 Å². The van der Waals surface area contributed by atoms with Crippen LogP contribution in [0.25, 0.3) is 0 Å². The van der Waals surface area contributed by atoms with Crippen molar-refractivity contribution in [3.8, 4) is 5.75 Å². The molecule has 112 valence electrons. The van der Waals surface area contributed by atoms with Crippen molar-refractivity contribution in [3.05, 3.63) is 29.6 Å². The molecule has 0 aliphatic heterocycles. The second-order valence-corrected chi connectivity index (χ2v) is 5.81. The maximum atomic E-state index is 13.5. The fourth-order valence-corrected chi connectivity index (χ4v) is 1.66. The van der Waals surface area contributed by atoms with E-state index in [4.69, 9.17) is 4.74 Å². The molecule has 20 heavy (non-hydrogen) atoms. The van der Waals surface area contributed by atoms with Gasteiger partial charge in [0.05, 0.1) is 13.2 Å². The van der Waals surface area contributed by atoms with Crippen molar-refractivity contribution in [1.82, 2.24) is 10.6 Å². The molecule has 1 unspecified atom stereocenters. The standard InChI is InChI=1S/C15H23FN2O2/c1-10(14(19)18-15(2,3)4)17-9-11-6-7-13(20-5)12(16)8-11/h6-8,10,17H,9H2,1-5H3,(H,18,19). The zero-order valence-corrected chi connectivity index (χ0v) is 12.7. The Morgan fingerprint density at radius 1 is 1.40 bits per heavy atom. The highest BCUT2D eigenvalue weighted by molar-refractivity contribution is 5.81. The number of nitrogens with one attached hydrogen (secondary N) is 2. The average Bonchev–Trinajstić information content (AvgIpc) is 2.34. The monoisotopic (exact) mass is 282 g/mol. The molecule has 0 saturated heterocycles. The number of hydrogen-bond acceptors (Lipinski definition) is 3. The largest absolute Gasteiger partial charge is 0.494 e. The van der Waals surface area contributed by atoms with Crippen molar-refractivity contribution in [1.29, 1.82) is 0 Å². The van der Waals surface area contributed by atoms with Crippen LogP contribution in [-0.2, 0) is 11.3 Å². The first-order chi connectivity index (χ1) is 9.23. The lowest BCUT2D eigenvalue weighted by Gasteiger charge is -2.23. The third-order valence-corrected chi connectivity index (χ3v) is 2.72. The maximum absolute atomic E-state index is 13.5. The summed E-state index contributed by atoms with van der Waals surface area (Å²) in [5.74, 6) is -0.266. The van der Waals surface area contributed by atoms with Gasteiger partial charge < -0.3 is 15.4 Å². The Morgan fingerprint density at radius 2 is 2.05 bits per heavy atom. The Kier molecular flexibility index (Phi) is 5.51. The highest BCUT2D eigenvalue weighted by atomic mass is 19.1. The predicted octanol–water partition coefficient (Wildman–Crippen LogP) is 2.23. The third-order valence-electron chi connectivity index (χ3n) is 2.72. The third kappa shape index (κ3) is 5.17. The molecule has 5 heteroatoms. The first-order valence-electron chi connectivity index (χ1n) is 6.61. The zero-order valence-electron chi connectivity index (χ0n) is 12.7. The van der Waals surface area contributed by atoms with E-state index in [0.717, 1.165) is 5.56 Å². The van der Waals surface area contributed by atoms with Gasteiger partial charge in [0.1, 0.15) is 0 Å². The van der Waals surface area contributed by atoms with Gasteiger partial charge in [-0.25, -0.2) is 4.39 Å². The Morgan fingerprint density at radius 3 is 2.55 bits per heavy atom. The number of benzene rings is 1. The Hall–Kier alpha value is -1.62. The molecule has 0 aliphatic carbocycles. The van der Waals surface area contributed by atoms with Gasteiger partial charge in [-0.15, -0.1) is 0 Å². The summed E-state index contributed by atoms with van der Waals surface area (Å²) in [6, 6.07) is 4.40. The molecule has 0 aliphatic rings. The molecule has 1 atom stereocenters. The van der Waals surface area contributed by atoms with Crippen LogP contribution in [0.1, 0.15) is 33.3 Å². The van der Waals surface area contributed by atoms with Gasteiger partial charge in [0.15, 0.2) is 11.6 Å². The summed E-state index contributed by atoms with van der Waals surface area (Å²) in [5.41, 5.74) is 0.498. The molecule has 1 aromatic rings. The zero-order chi connectivity index (χ0) is 15.3. The van der Waals surface area contributed by atoms with Crippen molar-refractivity contribution in [2.24, 2.45) is 0 Å². The molecule has 0 aromatic heterocycles. The number of methoxy groups -OCH3 is 1. The summed E-state index contributed by atoms with van der Waals surface area (Å²) in [6.07, 6.45) is 0. The first kappa shape index (κ1) is 16.4. The minimum absolute atomic E-state index is 0.0773. The normalized spacial score (nSPS) is 12.9. The van der Waals surface area contributed by atoms with E-state index in [9.17, 15) is 9.18 Å². The van der Waals surface area contributed by atoms with E-state index in [1.54, 1.807) is 19.1 Å². The van der Waals surface area contributed by atoms with Gasteiger partial charge in [0.25, 0.3) is 0 Å². The molecule has 0 saturated carbocycles. The lowest BCUT2D eigenvalue weighted by molar-refractivity contribution is -0.124. The fourth-order valence-electron chi connectivity index (χ4n) is 1.66. The Labute approximate surface area is 119 Å². The Bertz CT molecular complexity index is 469. The van der Waals surface area contributed by atoms with E-state index < -0.39 is 5.82 Å². The first-order valence-corrected chi connectivity index (χ1v) is 6.61. The lowest BCUT2D eigenvalue weighted by Crippen LogP contribution is -2.49. The van der Waals surface area contributed by atoms with E-state index in [-0.39, 0.29) is 23.2 Å². The molecular formula is C15H23FN2O2. The molecule has 0 spiro atoms. The quantitative estimate of drug-likeness (QED) is 0.870.